The smallest absolute Gasteiger partial charge is 0.0876 e. The average molecular weight is 350 g/mol. The fourth-order valence-corrected chi connectivity index (χ4v) is 2.62. The minimum Gasteiger partial charge on any atom is -0.501 e. The molecule has 1 aliphatic heterocycles. The number of hydrogen-bond donors (Lipinski definition) is 1. The van der Waals surface area contributed by atoms with E-state index in [1.54, 1.807) is 6.26 Å². The molecule has 0 radical (unpaired) electrons. The number of benzene rings is 1. The van der Waals surface area contributed by atoms with Crippen molar-refractivity contribution in [3.63, 3.8) is 0 Å². The first kappa shape index (κ1) is 12.2. The van der Waals surface area contributed by atoms with E-state index in [2.05, 4.69) is 22.6 Å². The van der Waals surface area contributed by atoms with Crippen molar-refractivity contribution >= 4 is 34.2 Å². The highest BCUT2D eigenvalue weighted by Crippen LogP contribution is 2.30. The summed E-state index contributed by atoms with van der Waals surface area (Å²) in [5.41, 5.74) is 8.45. The minimum absolute atomic E-state index is 0.106. The van der Waals surface area contributed by atoms with Crippen LogP contribution in [0.15, 0.2) is 30.0 Å². The van der Waals surface area contributed by atoms with Crippen LogP contribution in [0.25, 0.3) is 0 Å². The Bertz CT molecular complexity index is 419. The van der Waals surface area contributed by atoms with Crippen LogP contribution in [0.3, 0.4) is 0 Å². The Hall–Kier alpha value is -0.260. The van der Waals surface area contributed by atoms with Crippen molar-refractivity contribution in [2.45, 2.75) is 18.9 Å². The van der Waals surface area contributed by atoms with Crippen LogP contribution in [-0.4, -0.2) is 6.61 Å². The summed E-state index contributed by atoms with van der Waals surface area (Å²) in [7, 11) is 0. The van der Waals surface area contributed by atoms with Gasteiger partial charge in [-0.1, -0.05) is 11.6 Å². The predicted molar refractivity (Wildman–Crippen MR) is 74.4 cm³/mol. The lowest BCUT2D eigenvalue weighted by Gasteiger charge is -2.21. The molecule has 0 amide bonds. The third-order valence-corrected chi connectivity index (χ3v) is 3.87. The van der Waals surface area contributed by atoms with Crippen molar-refractivity contribution in [1.29, 1.82) is 0 Å². The van der Waals surface area contributed by atoms with E-state index in [4.69, 9.17) is 22.1 Å². The Morgan fingerprint density at radius 3 is 2.94 bits per heavy atom. The van der Waals surface area contributed by atoms with Crippen LogP contribution in [0, 0.1) is 3.57 Å². The lowest BCUT2D eigenvalue weighted by Crippen LogP contribution is -2.17. The van der Waals surface area contributed by atoms with Gasteiger partial charge in [0.15, 0.2) is 0 Å². The number of rotatable bonds is 2. The van der Waals surface area contributed by atoms with Gasteiger partial charge < -0.3 is 10.5 Å². The maximum Gasteiger partial charge on any atom is 0.0876 e. The van der Waals surface area contributed by atoms with E-state index >= 15 is 0 Å². The minimum atomic E-state index is -0.106. The van der Waals surface area contributed by atoms with E-state index in [-0.39, 0.29) is 6.04 Å². The van der Waals surface area contributed by atoms with Gasteiger partial charge in [0.05, 0.1) is 18.9 Å². The summed E-state index contributed by atoms with van der Waals surface area (Å²) in [5, 5.41) is 0.725. The van der Waals surface area contributed by atoms with Crippen LogP contribution in [0.1, 0.15) is 24.4 Å². The second kappa shape index (κ2) is 5.38. The fraction of sp³-hybridized carbons (Fsp3) is 0.333. The molecule has 0 saturated carbocycles. The molecule has 1 aromatic rings. The average Bonchev–Trinajstić information content (AvgIpc) is 2.32. The normalized spacial score (nSPS) is 17.6. The second-order valence-electron chi connectivity index (χ2n) is 3.81. The first-order chi connectivity index (χ1) is 7.68. The molecular formula is C12H13ClINO. The van der Waals surface area contributed by atoms with Gasteiger partial charge in [-0.15, -0.1) is 0 Å². The topological polar surface area (TPSA) is 35.2 Å². The Morgan fingerprint density at radius 2 is 2.25 bits per heavy atom. The largest absolute Gasteiger partial charge is 0.501 e. The van der Waals surface area contributed by atoms with Crippen molar-refractivity contribution in [3.05, 3.63) is 44.2 Å². The zero-order chi connectivity index (χ0) is 11.5. The first-order valence-corrected chi connectivity index (χ1v) is 6.65. The number of hydrogen-bond acceptors (Lipinski definition) is 2. The molecule has 1 aromatic carbocycles. The molecular weight excluding hydrogens is 336 g/mol. The fourth-order valence-electron chi connectivity index (χ4n) is 1.77. The van der Waals surface area contributed by atoms with Crippen LogP contribution >= 0.6 is 34.2 Å². The van der Waals surface area contributed by atoms with Crippen molar-refractivity contribution in [1.82, 2.24) is 0 Å². The van der Waals surface area contributed by atoms with Gasteiger partial charge in [0.25, 0.3) is 0 Å². The van der Waals surface area contributed by atoms with Gasteiger partial charge in [-0.2, -0.15) is 0 Å². The molecule has 16 heavy (non-hydrogen) atoms. The molecule has 0 spiro atoms. The van der Waals surface area contributed by atoms with E-state index in [1.807, 2.05) is 18.2 Å². The summed E-state index contributed by atoms with van der Waals surface area (Å²) in [6.45, 7) is 0.795. The molecule has 86 valence electrons. The van der Waals surface area contributed by atoms with Crippen LogP contribution in [0.2, 0.25) is 5.02 Å². The van der Waals surface area contributed by atoms with Crippen LogP contribution in [0.5, 0.6) is 0 Å². The highest BCUT2D eigenvalue weighted by Gasteiger charge is 2.17. The molecule has 1 heterocycles. The third-order valence-electron chi connectivity index (χ3n) is 2.65. The van der Waals surface area contributed by atoms with Crippen molar-refractivity contribution in [2.75, 3.05) is 6.61 Å². The molecule has 4 heteroatoms. The Labute approximate surface area is 114 Å². The predicted octanol–water partition coefficient (Wildman–Crippen LogP) is 3.64. The van der Waals surface area contributed by atoms with E-state index in [0.717, 1.165) is 39.2 Å². The molecule has 2 nitrogen and oxygen atoms in total. The molecule has 0 fully saturated rings. The summed E-state index contributed by atoms with van der Waals surface area (Å²) < 4.78 is 6.46. The van der Waals surface area contributed by atoms with E-state index in [0.29, 0.717) is 0 Å². The Balaban J connectivity index is 2.29. The standard InChI is InChI=1S/C12H13ClINO/c13-9-3-4-11(14)10(6-9)12(15)8-2-1-5-16-7-8/h3-4,6-7,12H,1-2,5,15H2. The molecule has 1 unspecified atom stereocenters. The maximum atomic E-state index is 6.23. The zero-order valence-corrected chi connectivity index (χ0v) is 11.7. The quantitative estimate of drug-likeness (QED) is 0.827. The SMILES string of the molecule is NC(C1=COCCC1)c1cc(Cl)ccc1I. The van der Waals surface area contributed by atoms with Crippen molar-refractivity contribution < 1.29 is 4.74 Å². The Kier molecular flexibility index (Phi) is 4.10. The van der Waals surface area contributed by atoms with E-state index in [1.165, 1.54) is 0 Å². The maximum absolute atomic E-state index is 6.23. The molecule has 1 aliphatic rings. The molecule has 2 N–H and O–H groups in total. The lowest BCUT2D eigenvalue weighted by molar-refractivity contribution is 0.221. The molecule has 0 aliphatic carbocycles. The number of nitrogens with two attached hydrogens (primary N) is 1. The monoisotopic (exact) mass is 349 g/mol. The molecule has 1 atom stereocenters. The first-order valence-electron chi connectivity index (χ1n) is 5.19. The molecule has 2 rings (SSSR count). The summed E-state index contributed by atoms with van der Waals surface area (Å²) in [6, 6.07) is 5.70. The van der Waals surface area contributed by atoms with Gasteiger partial charge >= 0.3 is 0 Å². The van der Waals surface area contributed by atoms with Gasteiger partial charge in [0, 0.05) is 8.59 Å². The number of halogens is 2. The van der Waals surface area contributed by atoms with Gasteiger partial charge in [-0.25, -0.2) is 0 Å². The third kappa shape index (κ3) is 2.70. The van der Waals surface area contributed by atoms with Crippen LogP contribution in [0.4, 0.5) is 0 Å². The van der Waals surface area contributed by atoms with Crippen molar-refractivity contribution in [3.8, 4) is 0 Å². The highest BCUT2D eigenvalue weighted by molar-refractivity contribution is 14.1. The van der Waals surface area contributed by atoms with Crippen molar-refractivity contribution in [2.24, 2.45) is 5.73 Å². The highest BCUT2D eigenvalue weighted by atomic mass is 127. The summed E-state index contributed by atoms with van der Waals surface area (Å²) in [6.07, 6.45) is 3.84. The number of ether oxygens (including phenoxy) is 1. The van der Waals surface area contributed by atoms with Gasteiger partial charge in [-0.3, -0.25) is 0 Å². The van der Waals surface area contributed by atoms with E-state index < -0.39 is 0 Å². The zero-order valence-electron chi connectivity index (χ0n) is 8.75. The molecule has 0 saturated heterocycles. The lowest BCUT2D eigenvalue weighted by atomic mass is 9.96. The Morgan fingerprint density at radius 1 is 1.44 bits per heavy atom. The summed E-state index contributed by atoms with van der Waals surface area (Å²) >= 11 is 8.27. The summed E-state index contributed by atoms with van der Waals surface area (Å²) in [4.78, 5) is 0. The van der Waals surface area contributed by atoms with Gasteiger partial charge in [0.2, 0.25) is 0 Å². The molecule has 0 bridgehead atoms. The summed E-state index contributed by atoms with van der Waals surface area (Å²) in [5.74, 6) is 0. The van der Waals surface area contributed by atoms with E-state index in [9.17, 15) is 0 Å². The van der Waals surface area contributed by atoms with Gasteiger partial charge in [0.1, 0.15) is 0 Å². The van der Waals surface area contributed by atoms with Gasteiger partial charge in [-0.05, 0) is 64.8 Å². The molecule has 0 aromatic heterocycles. The van der Waals surface area contributed by atoms with Crippen LogP contribution < -0.4 is 5.73 Å². The van der Waals surface area contributed by atoms with Crippen LogP contribution in [-0.2, 0) is 4.74 Å². The second-order valence-corrected chi connectivity index (χ2v) is 5.41.